The molecule has 0 spiro atoms. The van der Waals surface area contributed by atoms with Gasteiger partial charge in [0.15, 0.2) is 0 Å². The number of ether oxygens (including phenoxy) is 1. The van der Waals surface area contributed by atoms with Gasteiger partial charge in [-0.15, -0.1) is 0 Å². The minimum absolute atomic E-state index is 0.182. The lowest BCUT2D eigenvalue weighted by Gasteiger charge is -2.16. The molecule has 30 heavy (non-hydrogen) atoms. The fourth-order valence-corrected chi connectivity index (χ4v) is 3.19. The first-order valence-electron chi connectivity index (χ1n) is 11.7. The molecule has 0 bridgehead atoms. The molecular formula is C28H40O2. The second-order valence-electron chi connectivity index (χ2n) is 7.59. The van der Waals surface area contributed by atoms with E-state index in [0.717, 1.165) is 24.8 Å². The lowest BCUT2D eigenvalue weighted by Crippen LogP contribution is -2.09. The van der Waals surface area contributed by atoms with E-state index in [0.29, 0.717) is 0 Å². The average Bonchev–Trinajstić information content (AvgIpc) is 2.76. The zero-order chi connectivity index (χ0) is 21.7. The van der Waals surface area contributed by atoms with Gasteiger partial charge >= 0.3 is 5.97 Å². The number of rotatable bonds is 16. The molecule has 0 amide bonds. The SMILES string of the molecule is CCCCCCCCCC=CC=CC=CC=CC(=O)OC(CCC)c1ccccc1. The van der Waals surface area contributed by atoms with Crippen molar-refractivity contribution < 1.29 is 9.53 Å². The van der Waals surface area contributed by atoms with Crippen molar-refractivity contribution in [1.29, 1.82) is 0 Å². The molecule has 0 aliphatic heterocycles. The van der Waals surface area contributed by atoms with Crippen LogP contribution in [0.4, 0.5) is 0 Å². The molecule has 0 saturated heterocycles. The summed E-state index contributed by atoms with van der Waals surface area (Å²) in [6.45, 7) is 4.35. The molecule has 0 aromatic heterocycles. The van der Waals surface area contributed by atoms with Crippen LogP contribution < -0.4 is 0 Å². The third-order valence-electron chi connectivity index (χ3n) is 4.88. The zero-order valence-corrected chi connectivity index (χ0v) is 19.0. The second-order valence-corrected chi connectivity index (χ2v) is 7.59. The van der Waals surface area contributed by atoms with Crippen molar-refractivity contribution >= 4 is 5.97 Å². The number of hydrogen-bond acceptors (Lipinski definition) is 2. The van der Waals surface area contributed by atoms with Crippen molar-refractivity contribution in [2.75, 3.05) is 0 Å². The summed E-state index contributed by atoms with van der Waals surface area (Å²) in [5.41, 5.74) is 1.04. The van der Waals surface area contributed by atoms with Crippen LogP contribution in [0, 0.1) is 0 Å². The lowest BCUT2D eigenvalue weighted by atomic mass is 10.1. The smallest absolute Gasteiger partial charge is 0.331 e. The van der Waals surface area contributed by atoms with Crippen LogP contribution in [0.2, 0.25) is 0 Å². The number of allylic oxidation sites excluding steroid dienone is 7. The van der Waals surface area contributed by atoms with Crippen LogP contribution in [0.1, 0.15) is 89.7 Å². The summed E-state index contributed by atoms with van der Waals surface area (Å²) < 4.78 is 5.61. The van der Waals surface area contributed by atoms with Crippen LogP contribution in [0.5, 0.6) is 0 Å². The Morgan fingerprint density at radius 2 is 1.43 bits per heavy atom. The first kappa shape index (κ1) is 25.7. The number of benzene rings is 1. The van der Waals surface area contributed by atoms with E-state index < -0.39 is 0 Å². The van der Waals surface area contributed by atoms with E-state index in [1.165, 1.54) is 51.0 Å². The number of unbranched alkanes of at least 4 members (excludes halogenated alkanes) is 7. The topological polar surface area (TPSA) is 26.3 Å². The van der Waals surface area contributed by atoms with Crippen molar-refractivity contribution in [2.45, 2.75) is 84.2 Å². The molecule has 2 nitrogen and oxygen atoms in total. The largest absolute Gasteiger partial charge is 0.454 e. The highest BCUT2D eigenvalue weighted by Crippen LogP contribution is 2.22. The molecule has 1 rings (SSSR count). The molecule has 0 saturated carbocycles. The summed E-state index contributed by atoms with van der Waals surface area (Å²) in [6.07, 6.45) is 27.5. The average molecular weight is 409 g/mol. The number of carbonyl (C=O) groups excluding carboxylic acids is 1. The molecule has 1 aromatic rings. The van der Waals surface area contributed by atoms with E-state index in [9.17, 15) is 4.79 Å². The predicted molar refractivity (Wildman–Crippen MR) is 129 cm³/mol. The Bertz CT molecular complexity index is 652. The molecule has 1 atom stereocenters. The Hall–Kier alpha value is -2.35. The van der Waals surface area contributed by atoms with Crippen LogP contribution >= 0.6 is 0 Å². The first-order valence-corrected chi connectivity index (χ1v) is 11.7. The van der Waals surface area contributed by atoms with Crippen molar-refractivity contribution in [3.05, 3.63) is 84.5 Å². The summed E-state index contributed by atoms with van der Waals surface area (Å²) >= 11 is 0. The minimum Gasteiger partial charge on any atom is -0.454 e. The van der Waals surface area contributed by atoms with Gasteiger partial charge in [0.2, 0.25) is 0 Å². The molecule has 0 N–H and O–H groups in total. The Morgan fingerprint density at radius 3 is 2.13 bits per heavy atom. The molecule has 0 aliphatic rings. The van der Waals surface area contributed by atoms with Crippen molar-refractivity contribution in [1.82, 2.24) is 0 Å². The zero-order valence-electron chi connectivity index (χ0n) is 19.0. The predicted octanol–water partition coefficient (Wildman–Crippen LogP) is 8.44. The second kappa shape index (κ2) is 18.7. The molecule has 0 aliphatic carbocycles. The highest BCUT2D eigenvalue weighted by Gasteiger charge is 2.13. The van der Waals surface area contributed by atoms with Gasteiger partial charge in [0.05, 0.1) is 0 Å². The van der Waals surface area contributed by atoms with Gasteiger partial charge in [0.1, 0.15) is 6.10 Å². The third-order valence-corrected chi connectivity index (χ3v) is 4.88. The highest BCUT2D eigenvalue weighted by molar-refractivity contribution is 5.82. The maximum absolute atomic E-state index is 12.1. The maximum atomic E-state index is 12.1. The standard InChI is InChI=1S/C28H40O2/c1-3-5-6-7-8-9-10-11-12-13-14-15-16-17-21-25-28(29)30-27(22-4-2)26-23-19-18-20-24-26/h12-21,23-25,27H,3-11,22H2,1-2H3. The normalized spacial score (nSPS) is 13.1. The van der Waals surface area contributed by atoms with E-state index in [4.69, 9.17) is 4.74 Å². The van der Waals surface area contributed by atoms with Gasteiger partial charge in [0.25, 0.3) is 0 Å². The van der Waals surface area contributed by atoms with Crippen molar-refractivity contribution in [2.24, 2.45) is 0 Å². The molecule has 0 radical (unpaired) electrons. The summed E-state index contributed by atoms with van der Waals surface area (Å²) in [4.78, 5) is 12.1. The van der Waals surface area contributed by atoms with E-state index in [2.05, 4.69) is 26.0 Å². The minimum atomic E-state index is -0.305. The van der Waals surface area contributed by atoms with Gasteiger partial charge in [0, 0.05) is 6.08 Å². The molecule has 2 heteroatoms. The van der Waals surface area contributed by atoms with Gasteiger partial charge in [-0.2, -0.15) is 0 Å². The van der Waals surface area contributed by atoms with E-state index in [-0.39, 0.29) is 12.1 Å². The Morgan fingerprint density at radius 1 is 0.800 bits per heavy atom. The molecule has 1 aromatic carbocycles. The fourth-order valence-electron chi connectivity index (χ4n) is 3.19. The summed E-state index contributed by atoms with van der Waals surface area (Å²) in [5.74, 6) is -0.305. The van der Waals surface area contributed by atoms with Gasteiger partial charge in [-0.25, -0.2) is 4.79 Å². The summed E-state index contributed by atoms with van der Waals surface area (Å²) in [7, 11) is 0. The lowest BCUT2D eigenvalue weighted by molar-refractivity contribution is -0.143. The van der Waals surface area contributed by atoms with E-state index >= 15 is 0 Å². The first-order chi connectivity index (χ1) is 14.8. The van der Waals surface area contributed by atoms with Gasteiger partial charge in [-0.3, -0.25) is 0 Å². The van der Waals surface area contributed by atoms with E-state index in [1.54, 1.807) is 6.08 Å². The van der Waals surface area contributed by atoms with Gasteiger partial charge < -0.3 is 4.74 Å². The maximum Gasteiger partial charge on any atom is 0.331 e. The highest BCUT2D eigenvalue weighted by atomic mass is 16.5. The van der Waals surface area contributed by atoms with Crippen molar-refractivity contribution in [3.63, 3.8) is 0 Å². The third kappa shape index (κ3) is 13.8. The molecule has 0 heterocycles. The molecular weight excluding hydrogens is 368 g/mol. The quantitative estimate of drug-likeness (QED) is 0.119. The summed E-state index contributed by atoms with van der Waals surface area (Å²) in [5, 5.41) is 0. The van der Waals surface area contributed by atoms with Crippen molar-refractivity contribution in [3.8, 4) is 0 Å². The number of esters is 1. The number of hydrogen-bond donors (Lipinski definition) is 0. The molecule has 0 fully saturated rings. The van der Waals surface area contributed by atoms with Crippen LogP contribution in [-0.4, -0.2) is 5.97 Å². The van der Waals surface area contributed by atoms with E-state index in [1.807, 2.05) is 54.6 Å². The van der Waals surface area contributed by atoms with Crippen LogP contribution in [-0.2, 0) is 9.53 Å². The monoisotopic (exact) mass is 408 g/mol. The number of carbonyl (C=O) groups is 1. The van der Waals surface area contributed by atoms with Crippen LogP contribution in [0.15, 0.2) is 78.9 Å². The van der Waals surface area contributed by atoms with Gasteiger partial charge in [-0.05, 0) is 24.8 Å². The molecule has 1 unspecified atom stereocenters. The Balaban J connectivity index is 2.20. The fraction of sp³-hybridized carbons (Fsp3) is 0.464. The van der Waals surface area contributed by atoms with Crippen LogP contribution in [0.3, 0.4) is 0 Å². The van der Waals surface area contributed by atoms with Crippen LogP contribution in [0.25, 0.3) is 0 Å². The molecule has 164 valence electrons. The summed E-state index contributed by atoms with van der Waals surface area (Å²) in [6, 6.07) is 9.92. The Labute approximate surface area is 184 Å². The van der Waals surface area contributed by atoms with Gasteiger partial charge in [-0.1, -0.05) is 132 Å². The Kier molecular flexibility index (Phi) is 16.0.